The van der Waals surface area contributed by atoms with Crippen molar-refractivity contribution in [2.75, 3.05) is 11.2 Å². The summed E-state index contributed by atoms with van der Waals surface area (Å²) in [6, 6.07) is 5.26. The van der Waals surface area contributed by atoms with Gasteiger partial charge in [-0.1, -0.05) is 6.07 Å². The van der Waals surface area contributed by atoms with E-state index < -0.39 is 0 Å². The number of aromatic amines is 1. The van der Waals surface area contributed by atoms with E-state index in [0.29, 0.717) is 11.1 Å². The van der Waals surface area contributed by atoms with Crippen LogP contribution in [0.25, 0.3) is 10.8 Å². The van der Waals surface area contributed by atoms with E-state index in [0.717, 1.165) is 5.39 Å². The minimum Gasteiger partial charge on any atom is -0.494 e. The second kappa shape index (κ2) is 3.82. The molecule has 0 bridgehead atoms. The zero-order valence-electron chi connectivity index (χ0n) is 7.75. The number of nitrogens with one attached hydrogen (secondary N) is 2. The van der Waals surface area contributed by atoms with Gasteiger partial charge >= 0.3 is 0 Å². The standard InChI is InChI=1S/C10H9ClN2O2/c11-4-9(14)13-8-3-1-2-6-7(8)5-12-10(6)15/h1-3,5,12,15H,4H2,(H,13,14). The van der Waals surface area contributed by atoms with Gasteiger partial charge < -0.3 is 15.4 Å². The Labute approximate surface area is 90.9 Å². The van der Waals surface area contributed by atoms with Gasteiger partial charge in [0.25, 0.3) is 0 Å². The lowest BCUT2D eigenvalue weighted by molar-refractivity contribution is -0.113. The van der Waals surface area contributed by atoms with Gasteiger partial charge in [0.2, 0.25) is 5.91 Å². The Morgan fingerprint density at radius 1 is 1.47 bits per heavy atom. The van der Waals surface area contributed by atoms with Crippen LogP contribution in [0.1, 0.15) is 0 Å². The highest BCUT2D eigenvalue weighted by atomic mass is 35.5. The number of carbonyl (C=O) groups excluding carboxylic acids is 1. The molecule has 2 aromatic rings. The Morgan fingerprint density at radius 3 is 3.00 bits per heavy atom. The van der Waals surface area contributed by atoms with Gasteiger partial charge in [0.1, 0.15) is 5.88 Å². The van der Waals surface area contributed by atoms with Gasteiger partial charge in [-0.05, 0) is 12.1 Å². The average molecular weight is 225 g/mol. The van der Waals surface area contributed by atoms with E-state index in [2.05, 4.69) is 10.3 Å². The molecule has 0 unspecified atom stereocenters. The molecule has 5 heteroatoms. The predicted molar refractivity (Wildman–Crippen MR) is 59.3 cm³/mol. The van der Waals surface area contributed by atoms with Crippen LogP contribution in [0.2, 0.25) is 0 Å². The van der Waals surface area contributed by atoms with Crippen LogP contribution in [0.15, 0.2) is 24.4 Å². The van der Waals surface area contributed by atoms with E-state index in [1.54, 1.807) is 24.4 Å². The van der Waals surface area contributed by atoms with E-state index in [4.69, 9.17) is 11.6 Å². The first-order valence-corrected chi connectivity index (χ1v) is 4.90. The van der Waals surface area contributed by atoms with Crippen LogP contribution >= 0.6 is 11.6 Å². The number of aromatic nitrogens is 1. The van der Waals surface area contributed by atoms with Gasteiger partial charge in [-0.3, -0.25) is 4.79 Å². The molecule has 4 nitrogen and oxygen atoms in total. The molecule has 1 heterocycles. The van der Waals surface area contributed by atoms with Crippen LogP contribution in [0.3, 0.4) is 0 Å². The Hall–Kier alpha value is -1.68. The number of fused-ring (bicyclic) bond motifs is 1. The van der Waals surface area contributed by atoms with Crippen molar-refractivity contribution in [2.24, 2.45) is 0 Å². The average Bonchev–Trinajstić information content (AvgIpc) is 2.62. The molecule has 0 radical (unpaired) electrons. The number of hydrogen-bond donors (Lipinski definition) is 3. The maximum absolute atomic E-state index is 11.1. The number of anilines is 1. The van der Waals surface area contributed by atoms with Crippen LogP contribution in [0, 0.1) is 0 Å². The Bertz CT molecular complexity index is 507. The first kappa shape index (κ1) is 9.86. The van der Waals surface area contributed by atoms with Gasteiger partial charge in [-0.2, -0.15) is 0 Å². The molecular formula is C10H9ClN2O2. The Balaban J connectivity index is 2.47. The molecule has 0 saturated carbocycles. The summed E-state index contributed by atoms with van der Waals surface area (Å²) in [4.78, 5) is 13.8. The van der Waals surface area contributed by atoms with Gasteiger partial charge in [0, 0.05) is 17.0 Å². The third-order valence-corrected chi connectivity index (χ3v) is 2.35. The van der Waals surface area contributed by atoms with Crippen molar-refractivity contribution in [2.45, 2.75) is 0 Å². The molecule has 0 atom stereocenters. The second-order valence-corrected chi connectivity index (χ2v) is 3.35. The summed E-state index contributed by atoms with van der Waals surface area (Å²) in [5, 5.41) is 13.5. The minimum absolute atomic E-state index is 0.0898. The van der Waals surface area contributed by atoms with Crippen LogP contribution < -0.4 is 5.32 Å². The Morgan fingerprint density at radius 2 is 2.27 bits per heavy atom. The van der Waals surface area contributed by atoms with E-state index in [1.165, 1.54) is 0 Å². The van der Waals surface area contributed by atoms with Crippen molar-refractivity contribution in [3.8, 4) is 5.88 Å². The number of H-pyrrole nitrogens is 1. The maximum Gasteiger partial charge on any atom is 0.239 e. The van der Waals surface area contributed by atoms with Crippen LogP contribution in [-0.4, -0.2) is 21.9 Å². The topological polar surface area (TPSA) is 65.1 Å². The third-order valence-electron chi connectivity index (χ3n) is 2.11. The van der Waals surface area contributed by atoms with Gasteiger partial charge in [-0.15, -0.1) is 11.6 Å². The molecule has 1 aromatic heterocycles. The molecule has 0 fully saturated rings. The lowest BCUT2D eigenvalue weighted by Crippen LogP contribution is -2.12. The van der Waals surface area contributed by atoms with Gasteiger partial charge in [-0.25, -0.2) is 0 Å². The van der Waals surface area contributed by atoms with Crippen LogP contribution in [-0.2, 0) is 4.79 Å². The lowest BCUT2D eigenvalue weighted by atomic mass is 10.2. The first-order valence-electron chi connectivity index (χ1n) is 4.37. The summed E-state index contributed by atoms with van der Waals surface area (Å²) in [5.74, 6) is -0.274. The molecule has 15 heavy (non-hydrogen) atoms. The summed E-state index contributed by atoms with van der Waals surface area (Å²) in [5.41, 5.74) is 0.634. The third kappa shape index (κ3) is 1.76. The highest BCUT2D eigenvalue weighted by Crippen LogP contribution is 2.29. The molecule has 0 aliphatic rings. The number of amides is 1. The van der Waals surface area contributed by atoms with Crippen LogP contribution in [0.5, 0.6) is 5.88 Å². The number of halogens is 1. The number of alkyl halides is 1. The number of hydrogen-bond acceptors (Lipinski definition) is 2. The summed E-state index contributed by atoms with van der Waals surface area (Å²) < 4.78 is 0. The van der Waals surface area contributed by atoms with E-state index in [1.807, 2.05) is 0 Å². The summed E-state index contributed by atoms with van der Waals surface area (Å²) in [6.07, 6.45) is 1.63. The molecule has 0 spiro atoms. The van der Waals surface area contributed by atoms with Crippen molar-refractivity contribution in [3.63, 3.8) is 0 Å². The Kier molecular flexibility index (Phi) is 2.51. The lowest BCUT2D eigenvalue weighted by Gasteiger charge is -2.03. The highest BCUT2D eigenvalue weighted by molar-refractivity contribution is 6.29. The van der Waals surface area contributed by atoms with E-state index in [-0.39, 0.29) is 17.7 Å². The molecule has 2 rings (SSSR count). The van der Waals surface area contributed by atoms with E-state index >= 15 is 0 Å². The molecule has 3 N–H and O–H groups in total. The fourth-order valence-corrected chi connectivity index (χ4v) is 1.50. The second-order valence-electron chi connectivity index (χ2n) is 3.09. The summed E-state index contributed by atoms with van der Waals surface area (Å²) in [7, 11) is 0. The zero-order valence-corrected chi connectivity index (χ0v) is 8.51. The highest BCUT2D eigenvalue weighted by Gasteiger charge is 2.07. The van der Waals surface area contributed by atoms with Gasteiger partial charge in [0.15, 0.2) is 5.88 Å². The minimum atomic E-state index is -0.273. The molecule has 0 saturated heterocycles. The maximum atomic E-state index is 11.1. The molecule has 1 aromatic carbocycles. The first-order chi connectivity index (χ1) is 7.22. The smallest absolute Gasteiger partial charge is 0.239 e. The summed E-state index contributed by atoms with van der Waals surface area (Å²) in [6.45, 7) is 0. The van der Waals surface area contributed by atoms with Crippen molar-refractivity contribution in [1.82, 2.24) is 4.98 Å². The number of carbonyl (C=O) groups is 1. The van der Waals surface area contributed by atoms with Crippen LogP contribution in [0.4, 0.5) is 5.69 Å². The monoisotopic (exact) mass is 224 g/mol. The molecule has 78 valence electrons. The largest absolute Gasteiger partial charge is 0.494 e. The quantitative estimate of drug-likeness (QED) is 0.684. The fourth-order valence-electron chi connectivity index (χ4n) is 1.44. The molecule has 0 aliphatic heterocycles. The van der Waals surface area contributed by atoms with Gasteiger partial charge in [0.05, 0.1) is 5.69 Å². The summed E-state index contributed by atoms with van der Waals surface area (Å²) >= 11 is 5.39. The zero-order chi connectivity index (χ0) is 10.8. The molecular weight excluding hydrogens is 216 g/mol. The van der Waals surface area contributed by atoms with E-state index in [9.17, 15) is 9.90 Å². The van der Waals surface area contributed by atoms with Crippen molar-refractivity contribution in [3.05, 3.63) is 24.4 Å². The van der Waals surface area contributed by atoms with Crippen molar-refractivity contribution >= 4 is 34.0 Å². The van der Waals surface area contributed by atoms with Crippen molar-refractivity contribution < 1.29 is 9.90 Å². The fraction of sp³-hybridized carbons (Fsp3) is 0.100. The SMILES string of the molecule is O=C(CCl)Nc1cccc2c(O)[nH]cc12. The number of rotatable bonds is 2. The number of benzene rings is 1. The molecule has 1 amide bonds. The normalized spacial score (nSPS) is 10.5. The number of aromatic hydroxyl groups is 1. The molecule has 0 aliphatic carbocycles. The predicted octanol–water partition coefficient (Wildman–Crippen LogP) is 2.05. The van der Waals surface area contributed by atoms with Crippen molar-refractivity contribution in [1.29, 1.82) is 0 Å².